The summed E-state index contributed by atoms with van der Waals surface area (Å²) in [6, 6.07) is 61.4. The summed E-state index contributed by atoms with van der Waals surface area (Å²) < 4.78 is 40.6. The van der Waals surface area contributed by atoms with Gasteiger partial charge in [0, 0.05) is 7.11 Å². The summed E-state index contributed by atoms with van der Waals surface area (Å²) in [6.45, 7) is 1.22. The lowest BCUT2D eigenvalue weighted by atomic mass is 9.80. The molecule has 53 heavy (non-hydrogen) atoms. The molecule has 0 amide bonds. The Morgan fingerprint density at radius 2 is 0.774 bits per heavy atom. The molecule has 0 saturated carbocycles. The fraction of sp³-hybridized carbons (Fsp3) is 0.234. The maximum absolute atomic E-state index is 7.32. The van der Waals surface area contributed by atoms with E-state index in [1.807, 2.05) is 121 Å². The Morgan fingerprint density at radius 3 is 1.15 bits per heavy atom. The van der Waals surface area contributed by atoms with Gasteiger partial charge in [0.25, 0.3) is 0 Å². The van der Waals surface area contributed by atoms with E-state index in [0.717, 1.165) is 33.4 Å². The van der Waals surface area contributed by atoms with Crippen molar-refractivity contribution in [3.63, 3.8) is 0 Å². The molecule has 1 fully saturated rings. The second-order valence-electron chi connectivity index (χ2n) is 13.2. The van der Waals surface area contributed by atoms with Gasteiger partial charge in [-0.2, -0.15) is 0 Å². The van der Waals surface area contributed by atoms with Crippen molar-refractivity contribution >= 4 is 0 Å². The number of ether oxygens (including phenoxy) is 6. The third-order valence-corrected chi connectivity index (χ3v) is 9.68. The van der Waals surface area contributed by atoms with Crippen molar-refractivity contribution < 1.29 is 28.4 Å². The van der Waals surface area contributed by atoms with Crippen LogP contribution in [0.15, 0.2) is 182 Å². The summed E-state index contributed by atoms with van der Waals surface area (Å²) in [4.78, 5) is 0. The molecule has 1 heterocycles. The molecule has 0 bridgehead atoms. The topological polar surface area (TPSA) is 55.4 Å². The van der Waals surface area contributed by atoms with E-state index < -0.39 is 36.3 Å². The van der Waals surface area contributed by atoms with Gasteiger partial charge in [0.15, 0.2) is 6.29 Å². The van der Waals surface area contributed by atoms with Crippen LogP contribution >= 0.6 is 0 Å². The average molecular weight is 707 g/mol. The highest BCUT2D eigenvalue weighted by Crippen LogP contribution is 2.42. The van der Waals surface area contributed by atoms with Crippen molar-refractivity contribution in [3.8, 4) is 0 Å². The van der Waals surface area contributed by atoms with Crippen LogP contribution in [0.5, 0.6) is 0 Å². The smallest absolute Gasteiger partial charge is 0.186 e. The SMILES string of the molecule is CO[C@H]1OC(COC(c2ccccc2)(c2ccccc2)c2ccccc2)[C@H](OCc2ccccc2)[C@@H](OCc2ccccc2)C1OCc1ccccc1. The molecule has 0 radical (unpaired) electrons. The number of rotatable bonds is 16. The van der Waals surface area contributed by atoms with E-state index >= 15 is 0 Å². The van der Waals surface area contributed by atoms with Gasteiger partial charge in [-0.25, -0.2) is 0 Å². The van der Waals surface area contributed by atoms with Crippen molar-refractivity contribution in [2.45, 2.75) is 56.1 Å². The van der Waals surface area contributed by atoms with E-state index in [9.17, 15) is 0 Å². The van der Waals surface area contributed by atoms with Gasteiger partial charge >= 0.3 is 0 Å². The second-order valence-corrected chi connectivity index (χ2v) is 13.2. The van der Waals surface area contributed by atoms with Gasteiger partial charge in [-0.3, -0.25) is 0 Å². The monoisotopic (exact) mass is 706 g/mol. The first kappa shape index (κ1) is 36.4. The van der Waals surface area contributed by atoms with Gasteiger partial charge in [0.2, 0.25) is 0 Å². The van der Waals surface area contributed by atoms with Crippen molar-refractivity contribution in [2.24, 2.45) is 0 Å². The first-order valence-corrected chi connectivity index (χ1v) is 18.2. The third kappa shape index (κ3) is 8.83. The Morgan fingerprint density at radius 1 is 0.434 bits per heavy atom. The molecule has 1 aliphatic heterocycles. The molecule has 2 unspecified atom stereocenters. The highest BCUT2D eigenvalue weighted by atomic mass is 16.7. The molecular weight excluding hydrogens is 661 g/mol. The molecule has 6 aromatic carbocycles. The highest BCUT2D eigenvalue weighted by Gasteiger charge is 2.50. The first-order chi connectivity index (χ1) is 26.2. The minimum Gasteiger partial charge on any atom is -0.368 e. The van der Waals surface area contributed by atoms with E-state index in [-0.39, 0.29) is 6.61 Å². The van der Waals surface area contributed by atoms with E-state index in [1.54, 1.807) is 7.11 Å². The number of hydrogen-bond acceptors (Lipinski definition) is 6. The predicted molar refractivity (Wildman–Crippen MR) is 206 cm³/mol. The van der Waals surface area contributed by atoms with Crippen LogP contribution in [-0.2, 0) is 53.8 Å². The van der Waals surface area contributed by atoms with Crippen molar-refractivity contribution in [1.82, 2.24) is 0 Å². The molecule has 0 N–H and O–H groups in total. The van der Waals surface area contributed by atoms with Crippen LogP contribution in [0.3, 0.4) is 0 Å². The zero-order chi connectivity index (χ0) is 36.1. The first-order valence-electron chi connectivity index (χ1n) is 18.2. The molecule has 7 rings (SSSR count). The lowest BCUT2D eigenvalue weighted by molar-refractivity contribution is -0.325. The minimum atomic E-state index is -0.958. The molecule has 270 valence electrons. The standard InChI is InChI=1S/C47H46O6/c1-48-46-45(51-34-38-24-12-4-13-25-38)44(50-33-37-22-10-3-11-23-37)43(49-32-36-20-8-2-9-21-36)42(53-46)35-52-47(39-26-14-5-15-27-39,40-28-16-6-17-29-40)41-30-18-7-19-31-41/h2-31,42-46H,32-35H2,1H3/t42?,43-,44+,45?,46-/m0/s1. The van der Waals surface area contributed by atoms with Crippen LogP contribution in [0.1, 0.15) is 33.4 Å². The van der Waals surface area contributed by atoms with E-state index in [0.29, 0.717) is 19.8 Å². The van der Waals surface area contributed by atoms with Gasteiger partial charge in [0.1, 0.15) is 30.0 Å². The zero-order valence-corrected chi connectivity index (χ0v) is 30.0. The van der Waals surface area contributed by atoms with Crippen molar-refractivity contribution in [3.05, 3.63) is 215 Å². The summed E-state index contributed by atoms with van der Waals surface area (Å²) in [5.74, 6) is 0. The Balaban J connectivity index is 1.27. The Kier molecular flexibility index (Phi) is 12.5. The van der Waals surface area contributed by atoms with E-state index in [4.69, 9.17) is 28.4 Å². The summed E-state index contributed by atoms with van der Waals surface area (Å²) in [5, 5.41) is 0. The van der Waals surface area contributed by atoms with Gasteiger partial charge in [0.05, 0.1) is 26.4 Å². The predicted octanol–water partition coefficient (Wildman–Crippen LogP) is 9.12. The molecule has 5 atom stereocenters. The fourth-order valence-electron chi connectivity index (χ4n) is 7.05. The Labute approximate surface area is 312 Å². The van der Waals surface area contributed by atoms with Gasteiger partial charge in [-0.05, 0) is 33.4 Å². The quantitative estimate of drug-likeness (QED) is 0.0937. The number of hydrogen-bond donors (Lipinski definition) is 0. The maximum atomic E-state index is 7.32. The molecule has 0 aliphatic carbocycles. The molecular formula is C47H46O6. The van der Waals surface area contributed by atoms with E-state index in [2.05, 4.69) is 60.7 Å². The molecule has 0 spiro atoms. The van der Waals surface area contributed by atoms with Crippen LogP contribution in [0, 0.1) is 0 Å². The normalized spacial score (nSPS) is 20.2. The van der Waals surface area contributed by atoms with E-state index in [1.165, 1.54) is 0 Å². The molecule has 6 heteroatoms. The fourth-order valence-corrected chi connectivity index (χ4v) is 7.05. The number of benzene rings is 6. The molecule has 1 aliphatic rings. The summed E-state index contributed by atoms with van der Waals surface area (Å²) >= 11 is 0. The maximum Gasteiger partial charge on any atom is 0.186 e. The van der Waals surface area contributed by atoms with Crippen molar-refractivity contribution in [1.29, 1.82) is 0 Å². The van der Waals surface area contributed by atoms with Gasteiger partial charge in [-0.1, -0.05) is 182 Å². The van der Waals surface area contributed by atoms with Gasteiger partial charge < -0.3 is 28.4 Å². The molecule has 1 saturated heterocycles. The highest BCUT2D eigenvalue weighted by molar-refractivity contribution is 5.47. The van der Waals surface area contributed by atoms with Gasteiger partial charge in [-0.15, -0.1) is 0 Å². The lowest BCUT2D eigenvalue weighted by Crippen LogP contribution is -2.62. The Hall–Kier alpha value is -4.92. The number of methoxy groups -OCH3 is 1. The lowest BCUT2D eigenvalue weighted by Gasteiger charge is -2.46. The second kappa shape index (κ2) is 18.2. The van der Waals surface area contributed by atoms with Crippen molar-refractivity contribution in [2.75, 3.05) is 13.7 Å². The molecule has 0 aromatic heterocycles. The zero-order valence-electron chi connectivity index (χ0n) is 30.0. The van der Waals surface area contributed by atoms with Crippen LogP contribution in [0.4, 0.5) is 0 Å². The average Bonchev–Trinajstić information content (AvgIpc) is 3.24. The van der Waals surface area contributed by atoms with Crippen LogP contribution in [-0.4, -0.2) is 44.4 Å². The Bertz CT molecular complexity index is 1810. The van der Waals surface area contributed by atoms with Crippen LogP contribution in [0.2, 0.25) is 0 Å². The third-order valence-electron chi connectivity index (χ3n) is 9.68. The minimum absolute atomic E-state index is 0.161. The largest absolute Gasteiger partial charge is 0.368 e. The summed E-state index contributed by atoms with van der Waals surface area (Å²) in [6.07, 6.45) is -3.13. The molecule has 6 aromatic rings. The van der Waals surface area contributed by atoms with Crippen LogP contribution in [0.25, 0.3) is 0 Å². The summed E-state index contributed by atoms with van der Waals surface area (Å²) in [5.41, 5.74) is 5.16. The molecule has 6 nitrogen and oxygen atoms in total. The van der Waals surface area contributed by atoms with Crippen LogP contribution < -0.4 is 0 Å². The summed E-state index contributed by atoms with van der Waals surface area (Å²) in [7, 11) is 1.64.